The maximum Gasteiger partial charge on any atom is 0.416 e. The van der Waals surface area contributed by atoms with Gasteiger partial charge in [0, 0.05) is 17.1 Å². The van der Waals surface area contributed by atoms with E-state index in [1.165, 1.54) is 30.5 Å². The molecule has 1 heterocycles. The monoisotopic (exact) mass is 466 g/mol. The number of carboxylic acids is 1. The minimum absolute atomic E-state index is 0.0305. The molecule has 0 aliphatic heterocycles. The summed E-state index contributed by atoms with van der Waals surface area (Å²) in [6, 6.07) is 8.49. The molecule has 0 saturated heterocycles. The van der Waals surface area contributed by atoms with Crippen molar-refractivity contribution in [3.05, 3.63) is 76.5 Å². The molecule has 0 bridgehead atoms. The minimum Gasteiger partial charge on any atom is -0.477 e. The van der Waals surface area contributed by atoms with Crippen LogP contribution in [0.2, 0.25) is 0 Å². The topological polar surface area (TPSA) is 83.1 Å². The molecule has 1 N–H and O–H groups in total. The van der Waals surface area contributed by atoms with Crippen molar-refractivity contribution in [2.75, 3.05) is 0 Å². The maximum absolute atomic E-state index is 13.1. The van der Waals surface area contributed by atoms with Crippen LogP contribution >= 0.6 is 0 Å². The molecule has 11 heteroatoms. The number of aromatic nitrogens is 1. The Morgan fingerprint density at radius 1 is 1.00 bits per heavy atom. The van der Waals surface area contributed by atoms with E-state index in [9.17, 15) is 35.9 Å². The van der Waals surface area contributed by atoms with E-state index in [4.69, 9.17) is 10.4 Å². The molecule has 0 unspecified atom stereocenters. The van der Waals surface area contributed by atoms with Crippen LogP contribution in [0, 0.1) is 11.3 Å². The number of nitrogens with zero attached hydrogens (tertiary/aromatic N) is 2. The number of aliphatic carboxylic acids is 1. The van der Waals surface area contributed by atoms with Crippen molar-refractivity contribution in [1.29, 1.82) is 5.26 Å². The van der Waals surface area contributed by atoms with E-state index in [1.54, 1.807) is 6.07 Å². The summed E-state index contributed by atoms with van der Waals surface area (Å²) >= 11 is 0. The summed E-state index contributed by atoms with van der Waals surface area (Å²) in [5, 5.41) is 18.4. The zero-order chi connectivity index (χ0) is 24.6. The van der Waals surface area contributed by atoms with E-state index in [0.29, 0.717) is 17.5 Å². The van der Waals surface area contributed by atoms with Crippen molar-refractivity contribution in [3.63, 3.8) is 0 Å². The first-order valence-corrected chi connectivity index (χ1v) is 9.08. The largest absolute Gasteiger partial charge is 0.477 e. The molecule has 0 saturated carbocycles. The summed E-state index contributed by atoms with van der Waals surface area (Å²) in [6.07, 6.45) is -8.71. The number of hydrogen-bond acceptors (Lipinski definition) is 3. The third-order valence-electron chi connectivity index (χ3n) is 4.66. The summed E-state index contributed by atoms with van der Waals surface area (Å²) in [5.41, 5.74) is -3.81. The van der Waals surface area contributed by atoms with Crippen LogP contribution < -0.4 is 0 Å². The number of hydrogen-bond donors (Lipinski definition) is 1. The van der Waals surface area contributed by atoms with Crippen LogP contribution in [0.3, 0.4) is 0 Å². The Labute approximate surface area is 181 Å². The summed E-state index contributed by atoms with van der Waals surface area (Å²) < 4.78 is 79.5. The summed E-state index contributed by atoms with van der Waals surface area (Å²) in [5.74, 6) is -2.36. The van der Waals surface area contributed by atoms with Crippen LogP contribution in [0.5, 0.6) is 0 Å². The van der Waals surface area contributed by atoms with Crippen LogP contribution in [0.1, 0.15) is 27.0 Å². The maximum atomic E-state index is 13.1. The number of rotatable bonds is 4. The second kappa shape index (κ2) is 8.46. The highest BCUT2D eigenvalue weighted by atomic mass is 19.4. The SMILES string of the molecule is N#C/C(=C\c1cn(C(=O)Cc2cc(C(F)(F)F)cc(C(F)(F)F)c2)c2ccccc12)C(=O)O. The molecule has 2 aromatic carbocycles. The van der Waals surface area contributed by atoms with Crippen molar-refractivity contribution in [2.45, 2.75) is 18.8 Å². The van der Waals surface area contributed by atoms with Crippen molar-refractivity contribution in [3.8, 4) is 6.07 Å². The molecule has 3 aromatic rings. The third-order valence-corrected chi connectivity index (χ3v) is 4.66. The van der Waals surface area contributed by atoms with E-state index in [0.717, 1.165) is 10.6 Å². The molecule has 0 atom stereocenters. The normalized spacial score (nSPS) is 12.6. The molecule has 3 rings (SSSR count). The Bertz CT molecular complexity index is 1290. The molecule has 5 nitrogen and oxygen atoms in total. The first-order valence-electron chi connectivity index (χ1n) is 9.08. The Balaban J connectivity index is 2.08. The van der Waals surface area contributed by atoms with E-state index >= 15 is 0 Å². The lowest BCUT2D eigenvalue weighted by atomic mass is 10.0. The summed E-state index contributed by atoms with van der Waals surface area (Å²) in [6.45, 7) is 0. The molecule has 0 fully saturated rings. The fourth-order valence-corrected chi connectivity index (χ4v) is 3.21. The van der Waals surface area contributed by atoms with Gasteiger partial charge in [0.25, 0.3) is 0 Å². The van der Waals surface area contributed by atoms with Gasteiger partial charge in [-0.15, -0.1) is 0 Å². The number of nitriles is 1. The van der Waals surface area contributed by atoms with Gasteiger partial charge < -0.3 is 5.11 Å². The number of para-hydroxylation sites is 1. The van der Waals surface area contributed by atoms with Gasteiger partial charge in [0.1, 0.15) is 11.6 Å². The predicted molar refractivity (Wildman–Crippen MR) is 104 cm³/mol. The van der Waals surface area contributed by atoms with Crippen LogP contribution in [0.15, 0.2) is 54.2 Å². The molecule has 0 aliphatic carbocycles. The van der Waals surface area contributed by atoms with Crippen molar-refractivity contribution in [2.24, 2.45) is 0 Å². The van der Waals surface area contributed by atoms with Gasteiger partial charge in [-0.25, -0.2) is 4.79 Å². The fraction of sp³-hybridized carbons (Fsp3) is 0.136. The second-order valence-electron chi connectivity index (χ2n) is 6.93. The van der Waals surface area contributed by atoms with Crippen LogP contribution in [0.4, 0.5) is 26.3 Å². The van der Waals surface area contributed by atoms with Gasteiger partial charge in [-0.1, -0.05) is 18.2 Å². The van der Waals surface area contributed by atoms with Gasteiger partial charge in [0.15, 0.2) is 0 Å². The number of carboxylic acid groups (broad SMARTS) is 1. The number of fused-ring (bicyclic) bond motifs is 1. The quantitative estimate of drug-likeness (QED) is 0.310. The van der Waals surface area contributed by atoms with Gasteiger partial charge in [0.05, 0.1) is 23.1 Å². The average Bonchev–Trinajstić information content (AvgIpc) is 3.09. The van der Waals surface area contributed by atoms with Gasteiger partial charge in [0.2, 0.25) is 5.91 Å². The molecule has 170 valence electrons. The van der Waals surface area contributed by atoms with E-state index in [1.807, 2.05) is 0 Å². The molecular weight excluding hydrogens is 454 g/mol. The third kappa shape index (κ3) is 5.06. The number of benzene rings is 2. The van der Waals surface area contributed by atoms with Crippen molar-refractivity contribution < 1.29 is 41.0 Å². The van der Waals surface area contributed by atoms with E-state index < -0.39 is 52.9 Å². The lowest BCUT2D eigenvalue weighted by molar-refractivity contribution is -0.143. The Hall–Kier alpha value is -4.07. The summed E-state index contributed by atoms with van der Waals surface area (Å²) in [7, 11) is 0. The fourth-order valence-electron chi connectivity index (χ4n) is 3.21. The number of halogens is 6. The minimum atomic E-state index is -5.05. The Morgan fingerprint density at radius 3 is 2.09 bits per heavy atom. The second-order valence-corrected chi connectivity index (χ2v) is 6.93. The zero-order valence-corrected chi connectivity index (χ0v) is 16.3. The molecule has 33 heavy (non-hydrogen) atoms. The smallest absolute Gasteiger partial charge is 0.416 e. The highest BCUT2D eigenvalue weighted by Gasteiger charge is 2.37. The lowest BCUT2D eigenvalue weighted by Crippen LogP contribution is -2.16. The molecule has 1 aromatic heterocycles. The number of alkyl halides is 6. The first-order chi connectivity index (χ1) is 15.3. The predicted octanol–water partition coefficient (Wildman–Crippen LogP) is 5.55. The van der Waals surface area contributed by atoms with E-state index in [2.05, 4.69) is 0 Å². The standard InChI is InChI=1S/C22H12F6N2O3/c23-21(24,25)15-5-12(6-16(9-15)22(26,27)28)7-19(31)30-11-14(8-13(10-29)20(32)33)17-3-1-2-4-18(17)30/h1-6,8-9,11H,7H2,(H,32,33)/b13-8+. The average molecular weight is 466 g/mol. The summed E-state index contributed by atoms with van der Waals surface area (Å²) in [4.78, 5) is 24.0. The van der Waals surface area contributed by atoms with Gasteiger partial charge in [-0.3, -0.25) is 9.36 Å². The highest BCUT2D eigenvalue weighted by molar-refractivity contribution is 6.02. The van der Waals surface area contributed by atoms with Crippen LogP contribution in [0.25, 0.3) is 17.0 Å². The first kappa shape index (κ1) is 23.6. The number of carbonyl (C=O) groups is 2. The van der Waals surface area contributed by atoms with Crippen molar-refractivity contribution >= 4 is 28.9 Å². The van der Waals surface area contributed by atoms with Crippen LogP contribution in [-0.2, 0) is 23.6 Å². The molecule has 0 amide bonds. The Kier molecular flexibility index (Phi) is 6.05. The Morgan fingerprint density at radius 2 is 1.58 bits per heavy atom. The highest BCUT2D eigenvalue weighted by Crippen LogP contribution is 2.36. The lowest BCUT2D eigenvalue weighted by Gasteiger charge is -2.14. The van der Waals surface area contributed by atoms with E-state index in [-0.39, 0.29) is 17.1 Å². The van der Waals surface area contributed by atoms with Gasteiger partial charge >= 0.3 is 18.3 Å². The zero-order valence-electron chi connectivity index (χ0n) is 16.3. The molecule has 0 radical (unpaired) electrons. The van der Waals surface area contributed by atoms with Crippen LogP contribution in [-0.4, -0.2) is 21.6 Å². The van der Waals surface area contributed by atoms with Gasteiger partial charge in [-0.2, -0.15) is 31.6 Å². The molecule has 0 spiro atoms. The molecule has 0 aliphatic rings. The van der Waals surface area contributed by atoms with Crippen molar-refractivity contribution in [1.82, 2.24) is 4.57 Å². The molecular formula is C22H12F6N2O3. The van der Waals surface area contributed by atoms with Gasteiger partial charge in [-0.05, 0) is 35.9 Å². The number of carbonyl (C=O) groups excluding carboxylic acids is 1.